The zero-order valence-electron chi connectivity index (χ0n) is 9.64. The summed E-state index contributed by atoms with van der Waals surface area (Å²) in [4.78, 5) is 5.36. The molecule has 0 radical (unpaired) electrons. The van der Waals surface area contributed by atoms with E-state index in [2.05, 4.69) is 4.98 Å². The van der Waals surface area contributed by atoms with Crippen molar-refractivity contribution in [2.45, 2.75) is 13.5 Å². The second kappa shape index (κ2) is 5.65. The van der Waals surface area contributed by atoms with Gasteiger partial charge in [0.2, 0.25) is 0 Å². The molecule has 0 spiro atoms. The summed E-state index contributed by atoms with van der Waals surface area (Å²) in [5.41, 5.74) is 6.50. The molecule has 3 nitrogen and oxygen atoms in total. The monoisotopic (exact) mass is 298 g/mol. The fraction of sp³-hybridized carbons (Fsp3) is 0.167. The molecule has 6 heteroatoms. The standard InChI is InChI=1S/C12H11ClN2OS2/c1-7-4-8(2-3-9(7)13)16-6-11-15-5-10(18-11)12(14)17/h2-5H,6H2,1H3,(H2,14,17). The number of hydrogen-bond donors (Lipinski definition) is 1. The fourth-order valence-corrected chi connectivity index (χ4v) is 2.32. The minimum Gasteiger partial charge on any atom is -0.486 e. The molecular formula is C12H11ClN2OS2. The maximum atomic E-state index is 5.94. The van der Waals surface area contributed by atoms with Gasteiger partial charge in [0.15, 0.2) is 0 Å². The largest absolute Gasteiger partial charge is 0.486 e. The second-order valence-corrected chi connectivity index (χ2v) is 5.64. The second-order valence-electron chi connectivity index (χ2n) is 3.68. The van der Waals surface area contributed by atoms with E-state index in [0.29, 0.717) is 11.6 Å². The van der Waals surface area contributed by atoms with Crippen LogP contribution < -0.4 is 10.5 Å². The molecule has 94 valence electrons. The Morgan fingerprint density at radius 1 is 1.56 bits per heavy atom. The first-order valence-electron chi connectivity index (χ1n) is 5.19. The molecule has 0 atom stereocenters. The molecule has 0 saturated heterocycles. The summed E-state index contributed by atoms with van der Waals surface area (Å²) in [5.74, 6) is 0.768. The Labute approximate surface area is 120 Å². The average Bonchev–Trinajstić information content (AvgIpc) is 2.79. The normalized spacial score (nSPS) is 10.3. The number of ether oxygens (including phenoxy) is 1. The molecule has 18 heavy (non-hydrogen) atoms. The molecule has 0 unspecified atom stereocenters. The van der Waals surface area contributed by atoms with E-state index in [9.17, 15) is 0 Å². The lowest BCUT2D eigenvalue weighted by Crippen LogP contribution is -2.06. The molecule has 2 rings (SSSR count). The molecule has 0 aliphatic carbocycles. The van der Waals surface area contributed by atoms with Gasteiger partial charge in [0.05, 0.1) is 4.88 Å². The van der Waals surface area contributed by atoms with Gasteiger partial charge in [-0.15, -0.1) is 11.3 Å². The smallest absolute Gasteiger partial charge is 0.140 e. The first kappa shape index (κ1) is 13.3. The van der Waals surface area contributed by atoms with Crippen molar-refractivity contribution >= 4 is 40.1 Å². The van der Waals surface area contributed by atoms with Gasteiger partial charge >= 0.3 is 0 Å². The van der Waals surface area contributed by atoms with Crippen molar-refractivity contribution < 1.29 is 4.74 Å². The van der Waals surface area contributed by atoms with E-state index in [1.165, 1.54) is 11.3 Å². The van der Waals surface area contributed by atoms with E-state index in [0.717, 1.165) is 26.2 Å². The first-order valence-corrected chi connectivity index (χ1v) is 6.80. The Hall–Kier alpha value is -1.17. The maximum absolute atomic E-state index is 5.94. The van der Waals surface area contributed by atoms with Crippen LogP contribution in [0.1, 0.15) is 15.4 Å². The lowest BCUT2D eigenvalue weighted by Gasteiger charge is -2.05. The van der Waals surface area contributed by atoms with Gasteiger partial charge in [-0.2, -0.15) is 0 Å². The predicted octanol–water partition coefficient (Wildman–Crippen LogP) is 3.32. The summed E-state index contributed by atoms with van der Waals surface area (Å²) >= 11 is 12.3. The third-order valence-electron chi connectivity index (χ3n) is 2.29. The topological polar surface area (TPSA) is 48.1 Å². The molecular weight excluding hydrogens is 288 g/mol. The number of aromatic nitrogens is 1. The van der Waals surface area contributed by atoms with Gasteiger partial charge in [-0.3, -0.25) is 0 Å². The van der Waals surface area contributed by atoms with Crippen LogP contribution in [0.15, 0.2) is 24.4 Å². The SMILES string of the molecule is Cc1cc(OCc2ncc(C(N)=S)s2)ccc1Cl. The molecule has 0 amide bonds. The van der Waals surface area contributed by atoms with Crippen LogP contribution in [0.2, 0.25) is 5.02 Å². The van der Waals surface area contributed by atoms with Crippen molar-refractivity contribution in [1.82, 2.24) is 4.98 Å². The molecule has 2 aromatic rings. The van der Waals surface area contributed by atoms with Crippen molar-refractivity contribution in [2.24, 2.45) is 5.73 Å². The predicted molar refractivity (Wildman–Crippen MR) is 78.5 cm³/mol. The number of nitrogens with two attached hydrogens (primary N) is 1. The van der Waals surface area contributed by atoms with Gasteiger partial charge in [-0.05, 0) is 30.7 Å². The molecule has 1 heterocycles. The molecule has 2 N–H and O–H groups in total. The van der Waals surface area contributed by atoms with Crippen LogP contribution in [0, 0.1) is 6.92 Å². The summed E-state index contributed by atoms with van der Waals surface area (Å²) in [5, 5.41) is 1.57. The summed E-state index contributed by atoms with van der Waals surface area (Å²) in [6.07, 6.45) is 1.67. The van der Waals surface area contributed by atoms with E-state index >= 15 is 0 Å². The van der Waals surface area contributed by atoms with E-state index in [1.807, 2.05) is 25.1 Å². The fourth-order valence-electron chi connectivity index (χ4n) is 1.34. The quantitative estimate of drug-likeness (QED) is 0.880. The third kappa shape index (κ3) is 3.19. The van der Waals surface area contributed by atoms with Crippen molar-refractivity contribution in [1.29, 1.82) is 0 Å². The Kier molecular flexibility index (Phi) is 4.16. The molecule has 0 bridgehead atoms. The van der Waals surface area contributed by atoms with Crippen molar-refractivity contribution in [2.75, 3.05) is 0 Å². The highest BCUT2D eigenvalue weighted by atomic mass is 35.5. The highest BCUT2D eigenvalue weighted by Crippen LogP contribution is 2.22. The first-order chi connectivity index (χ1) is 8.56. The van der Waals surface area contributed by atoms with Crippen LogP contribution in [-0.4, -0.2) is 9.97 Å². The van der Waals surface area contributed by atoms with Crippen LogP contribution in [0.3, 0.4) is 0 Å². The van der Waals surface area contributed by atoms with Crippen LogP contribution in [-0.2, 0) is 6.61 Å². The number of halogens is 1. The Bertz CT molecular complexity index is 583. The Morgan fingerprint density at radius 3 is 2.94 bits per heavy atom. The van der Waals surface area contributed by atoms with Crippen LogP contribution in [0.25, 0.3) is 0 Å². The molecule has 0 aliphatic rings. The van der Waals surface area contributed by atoms with Crippen LogP contribution in [0.4, 0.5) is 0 Å². The van der Waals surface area contributed by atoms with Crippen LogP contribution in [0.5, 0.6) is 5.75 Å². The lowest BCUT2D eigenvalue weighted by molar-refractivity contribution is 0.305. The van der Waals surface area contributed by atoms with Crippen molar-refractivity contribution in [3.63, 3.8) is 0 Å². The minimum absolute atomic E-state index is 0.362. The van der Waals surface area contributed by atoms with E-state index in [-0.39, 0.29) is 0 Å². The van der Waals surface area contributed by atoms with Gasteiger partial charge in [0, 0.05) is 11.2 Å². The summed E-state index contributed by atoms with van der Waals surface area (Å²) in [6.45, 7) is 2.33. The van der Waals surface area contributed by atoms with Gasteiger partial charge in [-0.25, -0.2) is 4.98 Å². The third-order valence-corrected chi connectivity index (χ3v) is 4.07. The molecule has 0 aliphatic heterocycles. The minimum atomic E-state index is 0.362. The maximum Gasteiger partial charge on any atom is 0.140 e. The summed E-state index contributed by atoms with van der Waals surface area (Å²) < 4.78 is 5.63. The molecule has 1 aromatic carbocycles. The zero-order chi connectivity index (χ0) is 13.1. The number of hydrogen-bond acceptors (Lipinski definition) is 4. The Morgan fingerprint density at radius 2 is 2.33 bits per heavy atom. The highest BCUT2D eigenvalue weighted by Gasteiger charge is 2.05. The van der Waals surface area contributed by atoms with Gasteiger partial charge in [0.25, 0.3) is 0 Å². The van der Waals surface area contributed by atoms with Crippen molar-refractivity contribution in [3.8, 4) is 5.75 Å². The van der Waals surface area contributed by atoms with E-state index < -0.39 is 0 Å². The van der Waals surface area contributed by atoms with Crippen molar-refractivity contribution in [3.05, 3.63) is 44.9 Å². The molecule has 0 fully saturated rings. The van der Waals surface area contributed by atoms with E-state index in [1.54, 1.807) is 6.20 Å². The average molecular weight is 299 g/mol. The number of benzene rings is 1. The Balaban J connectivity index is 2.02. The number of thiazole rings is 1. The van der Waals surface area contributed by atoms with Crippen LogP contribution >= 0.6 is 35.2 Å². The number of aryl methyl sites for hydroxylation is 1. The van der Waals surface area contributed by atoms with Gasteiger partial charge < -0.3 is 10.5 Å². The molecule has 0 saturated carbocycles. The van der Waals surface area contributed by atoms with E-state index in [4.69, 9.17) is 34.3 Å². The van der Waals surface area contributed by atoms with Gasteiger partial charge in [-0.1, -0.05) is 23.8 Å². The molecule has 1 aromatic heterocycles. The summed E-state index contributed by atoms with van der Waals surface area (Å²) in [7, 11) is 0. The zero-order valence-corrected chi connectivity index (χ0v) is 12.0. The summed E-state index contributed by atoms with van der Waals surface area (Å²) in [6, 6.07) is 5.54. The number of thiocarbonyl (C=S) groups is 1. The number of nitrogens with zero attached hydrogens (tertiary/aromatic N) is 1. The van der Waals surface area contributed by atoms with Gasteiger partial charge in [0.1, 0.15) is 22.4 Å². The number of rotatable bonds is 4. The lowest BCUT2D eigenvalue weighted by atomic mass is 10.2. The highest BCUT2D eigenvalue weighted by molar-refractivity contribution is 7.81.